The van der Waals surface area contributed by atoms with E-state index in [0.29, 0.717) is 10.0 Å². The first-order valence-electron chi connectivity index (χ1n) is 6.16. The fourth-order valence-corrected chi connectivity index (χ4v) is 2.30. The summed E-state index contributed by atoms with van der Waals surface area (Å²) in [5.74, 6) is 0. The van der Waals surface area contributed by atoms with Crippen LogP contribution in [0.4, 0.5) is 0 Å². The van der Waals surface area contributed by atoms with Crippen LogP contribution in [-0.4, -0.2) is 19.3 Å². The highest BCUT2D eigenvalue weighted by atomic mass is 35.5. The van der Waals surface area contributed by atoms with Crippen molar-refractivity contribution >= 4 is 23.2 Å². The fraction of sp³-hybridized carbons (Fsp3) is 0.571. The first-order valence-corrected chi connectivity index (χ1v) is 6.92. The van der Waals surface area contributed by atoms with Crippen molar-refractivity contribution in [3.8, 4) is 0 Å². The van der Waals surface area contributed by atoms with Gasteiger partial charge in [-0.05, 0) is 38.4 Å². The standard InChI is InChI=1S/C14H21Cl2NO/c1-5-9-17-13(14(2,3)18-4)10-7-6-8-11(15)12(10)16/h6-8,13,17H,5,9H2,1-4H3. The van der Waals surface area contributed by atoms with E-state index in [1.54, 1.807) is 13.2 Å². The zero-order chi connectivity index (χ0) is 13.8. The molecule has 0 spiro atoms. The summed E-state index contributed by atoms with van der Waals surface area (Å²) < 4.78 is 5.58. The maximum Gasteiger partial charge on any atom is 0.0817 e. The van der Waals surface area contributed by atoms with Crippen LogP contribution in [0.1, 0.15) is 38.8 Å². The van der Waals surface area contributed by atoms with Crippen molar-refractivity contribution < 1.29 is 4.74 Å². The van der Waals surface area contributed by atoms with Crippen molar-refractivity contribution in [2.75, 3.05) is 13.7 Å². The molecule has 0 aliphatic heterocycles. The highest BCUT2D eigenvalue weighted by Crippen LogP contribution is 2.36. The van der Waals surface area contributed by atoms with Gasteiger partial charge in [0.2, 0.25) is 0 Å². The van der Waals surface area contributed by atoms with E-state index in [9.17, 15) is 0 Å². The van der Waals surface area contributed by atoms with Crippen LogP contribution in [0, 0.1) is 0 Å². The van der Waals surface area contributed by atoms with Gasteiger partial charge < -0.3 is 10.1 Å². The molecule has 0 radical (unpaired) electrons. The molecule has 2 nitrogen and oxygen atoms in total. The molecule has 1 rings (SSSR count). The summed E-state index contributed by atoms with van der Waals surface area (Å²) >= 11 is 12.4. The minimum absolute atomic E-state index is 0.00801. The Labute approximate surface area is 120 Å². The minimum Gasteiger partial charge on any atom is -0.377 e. The molecule has 0 aliphatic rings. The molecule has 0 aliphatic carbocycles. The third kappa shape index (κ3) is 3.61. The lowest BCUT2D eigenvalue weighted by Gasteiger charge is -2.35. The van der Waals surface area contributed by atoms with Crippen molar-refractivity contribution in [3.05, 3.63) is 33.8 Å². The second-order valence-electron chi connectivity index (χ2n) is 4.84. The predicted octanol–water partition coefficient (Wildman–Crippen LogP) is 4.46. The van der Waals surface area contributed by atoms with E-state index in [2.05, 4.69) is 12.2 Å². The van der Waals surface area contributed by atoms with E-state index in [-0.39, 0.29) is 11.6 Å². The molecule has 0 saturated heterocycles. The summed E-state index contributed by atoms with van der Waals surface area (Å²) in [6, 6.07) is 5.70. The number of nitrogens with one attached hydrogen (secondary N) is 1. The van der Waals surface area contributed by atoms with Crippen LogP contribution in [-0.2, 0) is 4.74 Å². The Morgan fingerprint density at radius 2 is 2.00 bits per heavy atom. The smallest absolute Gasteiger partial charge is 0.0817 e. The van der Waals surface area contributed by atoms with E-state index >= 15 is 0 Å². The number of rotatable bonds is 6. The highest BCUT2D eigenvalue weighted by molar-refractivity contribution is 6.42. The van der Waals surface area contributed by atoms with Gasteiger partial charge >= 0.3 is 0 Å². The van der Waals surface area contributed by atoms with Crippen molar-refractivity contribution in [2.24, 2.45) is 0 Å². The summed E-state index contributed by atoms with van der Waals surface area (Å²) in [6.07, 6.45) is 1.05. The van der Waals surface area contributed by atoms with E-state index in [0.717, 1.165) is 18.5 Å². The number of benzene rings is 1. The maximum atomic E-state index is 6.30. The number of hydrogen-bond acceptors (Lipinski definition) is 2. The molecule has 0 heterocycles. The van der Waals surface area contributed by atoms with Crippen molar-refractivity contribution in [3.63, 3.8) is 0 Å². The SMILES string of the molecule is CCCNC(c1cccc(Cl)c1Cl)C(C)(C)OC. The average Bonchev–Trinajstić information content (AvgIpc) is 2.34. The predicted molar refractivity (Wildman–Crippen MR) is 78.6 cm³/mol. The Hall–Kier alpha value is -0.280. The lowest BCUT2D eigenvalue weighted by molar-refractivity contribution is -0.0110. The van der Waals surface area contributed by atoms with Gasteiger partial charge in [-0.3, -0.25) is 0 Å². The van der Waals surface area contributed by atoms with E-state index in [1.807, 2.05) is 26.0 Å². The Balaban J connectivity index is 3.13. The van der Waals surface area contributed by atoms with Crippen LogP contribution < -0.4 is 5.32 Å². The Kier molecular flexibility index (Phi) is 5.93. The lowest BCUT2D eigenvalue weighted by atomic mass is 9.91. The summed E-state index contributed by atoms with van der Waals surface area (Å²) in [5, 5.41) is 4.65. The molecule has 18 heavy (non-hydrogen) atoms. The van der Waals surface area contributed by atoms with Crippen molar-refractivity contribution in [2.45, 2.75) is 38.8 Å². The van der Waals surface area contributed by atoms with Gasteiger partial charge in [0.15, 0.2) is 0 Å². The second-order valence-corrected chi connectivity index (χ2v) is 5.62. The molecule has 0 fully saturated rings. The zero-order valence-electron chi connectivity index (χ0n) is 11.4. The Morgan fingerprint density at radius 3 is 2.56 bits per heavy atom. The van der Waals surface area contributed by atoms with Gasteiger partial charge in [0.1, 0.15) is 0 Å². The number of methoxy groups -OCH3 is 1. The van der Waals surface area contributed by atoms with Crippen molar-refractivity contribution in [1.82, 2.24) is 5.32 Å². The molecule has 4 heteroatoms. The molecule has 0 saturated carbocycles. The summed E-state index contributed by atoms with van der Waals surface area (Å²) in [7, 11) is 1.71. The van der Waals surface area contributed by atoms with Gasteiger partial charge in [-0.15, -0.1) is 0 Å². The zero-order valence-corrected chi connectivity index (χ0v) is 12.9. The summed E-state index contributed by atoms with van der Waals surface area (Å²) in [6.45, 7) is 7.11. The van der Waals surface area contributed by atoms with E-state index in [4.69, 9.17) is 27.9 Å². The normalized spacial score (nSPS) is 13.7. The quantitative estimate of drug-likeness (QED) is 0.835. The van der Waals surface area contributed by atoms with E-state index in [1.165, 1.54) is 0 Å². The Bertz CT molecular complexity index is 393. The first kappa shape index (κ1) is 15.8. The topological polar surface area (TPSA) is 21.3 Å². The fourth-order valence-electron chi connectivity index (χ4n) is 1.88. The van der Waals surface area contributed by atoms with Crippen LogP contribution in [0.2, 0.25) is 10.0 Å². The van der Waals surface area contributed by atoms with Gasteiger partial charge in [-0.2, -0.15) is 0 Å². The first-order chi connectivity index (χ1) is 8.44. The van der Waals surface area contributed by atoms with Crippen LogP contribution in [0.25, 0.3) is 0 Å². The summed E-state index contributed by atoms with van der Waals surface area (Å²) in [4.78, 5) is 0. The molecule has 1 N–H and O–H groups in total. The average molecular weight is 290 g/mol. The van der Waals surface area contributed by atoms with Crippen molar-refractivity contribution in [1.29, 1.82) is 0 Å². The molecule has 102 valence electrons. The third-order valence-electron chi connectivity index (χ3n) is 3.11. The summed E-state index contributed by atoms with van der Waals surface area (Å²) in [5.41, 5.74) is 0.619. The maximum absolute atomic E-state index is 6.30. The molecule has 0 amide bonds. The molecule has 0 aromatic heterocycles. The number of ether oxygens (including phenoxy) is 1. The van der Waals surface area contributed by atoms with Gasteiger partial charge in [0, 0.05) is 7.11 Å². The lowest BCUT2D eigenvalue weighted by Crippen LogP contribution is -2.41. The van der Waals surface area contributed by atoms with Gasteiger partial charge in [0.25, 0.3) is 0 Å². The van der Waals surface area contributed by atoms with Gasteiger partial charge in [-0.25, -0.2) is 0 Å². The minimum atomic E-state index is -0.358. The highest BCUT2D eigenvalue weighted by Gasteiger charge is 2.32. The number of halogens is 2. The second kappa shape index (κ2) is 6.76. The van der Waals surface area contributed by atoms with Crippen LogP contribution >= 0.6 is 23.2 Å². The molecule has 1 unspecified atom stereocenters. The number of hydrogen-bond donors (Lipinski definition) is 1. The molecule has 1 aromatic carbocycles. The third-order valence-corrected chi connectivity index (χ3v) is 3.95. The monoisotopic (exact) mass is 289 g/mol. The van der Waals surface area contributed by atoms with Gasteiger partial charge in [0.05, 0.1) is 21.7 Å². The van der Waals surface area contributed by atoms with E-state index < -0.39 is 0 Å². The van der Waals surface area contributed by atoms with Crippen LogP contribution in [0.3, 0.4) is 0 Å². The largest absolute Gasteiger partial charge is 0.377 e. The molecule has 1 atom stereocenters. The molecular formula is C14H21Cl2NO. The molecule has 0 bridgehead atoms. The molecule has 1 aromatic rings. The van der Waals surface area contributed by atoms with Crippen LogP contribution in [0.5, 0.6) is 0 Å². The van der Waals surface area contributed by atoms with Crippen LogP contribution in [0.15, 0.2) is 18.2 Å². The Morgan fingerprint density at radius 1 is 1.33 bits per heavy atom. The molecular weight excluding hydrogens is 269 g/mol. The van der Waals surface area contributed by atoms with Gasteiger partial charge in [-0.1, -0.05) is 42.3 Å².